The molecular weight excluding hydrogens is 359 g/mol. The van der Waals surface area contributed by atoms with Crippen LogP contribution in [0.5, 0.6) is 0 Å². The van der Waals surface area contributed by atoms with Gasteiger partial charge in [0.05, 0.1) is 17.2 Å². The monoisotopic (exact) mass is 390 g/mol. The number of alkyl halides is 1. The Morgan fingerprint density at radius 3 is 2.13 bits per heavy atom. The molecule has 1 aliphatic heterocycles. The first kappa shape index (κ1) is 20.9. The summed E-state index contributed by atoms with van der Waals surface area (Å²) < 4.78 is 12.3. The van der Waals surface area contributed by atoms with Crippen molar-refractivity contribution in [1.29, 1.82) is 0 Å². The summed E-state index contributed by atoms with van der Waals surface area (Å²) in [7, 11) is -0.381. The maximum atomic E-state index is 11.8. The molecule has 0 aromatic heterocycles. The lowest BCUT2D eigenvalue weighted by molar-refractivity contribution is -0.120. The number of nitrogens with one attached hydrogen (secondary N) is 1. The van der Waals surface area contributed by atoms with E-state index in [1.807, 2.05) is 27.7 Å². The quantitative estimate of drug-likeness (QED) is 0.468. The van der Waals surface area contributed by atoms with E-state index >= 15 is 0 Å². The summed E-state index contributed by atoms with van der Waals surface area (Å²) in [5.74, 6) is -0.000897. The topological polar surface area (TPSA) is 73.6 Å². The molecule has 1 rings (SSSR count). The van der Waals surface area contributed by atoms with Crippen LogP contribution in [0.15, 0.2) is 0 Å². The Hall–Kier alpha value is -0.105. The molecular formula is C16H32BBrN2O3. The Labute approximate surface area is 149 Å². The SMILES string of the molecule is CC(C)C[C@H](NC(CCCBr)B1OC(C)(C)C(C)(C)O1)C(N)=O. The van der Waals surface area contributed by atoms with Crippen LogP contribution in [0.3, 0.4) is 0 Å². The van der Waals surface area contributed by atoms with E-state index < -0.39 is 0 Å². The van der Waals surface area contributed by atoms with Crippen molar-refractivity contribution in [2.24, 2.45) is 11.7 Å². The summed E-state index contributed by atoms with van der Waals surface area (Å²) in [6, 6.07) is -0.366. The van der Waals surface area contributed by atoms with E-state index in [1.54, 1.807) is 0 Å². The van der Waals surface area contributed by atoms with Crippen LogP contribution in [0, 0.1) is 5.92 Å². The van der Waals surface area contributed by atoms with E-state index in [1.165, 1.54) is 0 Å². The summed E-state index contributed by atoms with van der Waals surface area (Å²) in [5, 5.41) is 4.29. The summed E-state index contributed by atoms with van der Waals surface area (Å²) in [6.07, 6.45) is 2.53. The van der Waals surface area contributed by atoms with Crippen molar-refractivity contribution in [2.75, 3.05) is 5.33 Å². The first-order chi connectivity index (χ1) is 10.5. The zero-order chi connectivity index (χ0) is 17.8. The van der Waals surface area contributed by atoms with Crippen molar-refractivity contribution < 1.29 is 14.1 Å². The van der Waals surface area contributed by atoms with Crippen molar-refractivity contribution in [3.8, 4) is 0 Å². The lowest BCUT2D eigenvalue weighted by atomic mass is 9.75. The Morgan fingerprint density at radius 1 is 1.22 bits per heavy atom. The molecule has 1 unspecified atom stereocenters. The van der Waals surface area contributed by atoms with E-state index in [0.717, 1.165) is 18.2 Å². The number of halogens is 1. The van der Waals surface area contributed by atoms with Gasteiger partial charge in [0.1, 0.15) is 0 Å². The number of carbonyl (C=O) groups excluding carboxylic acids is 1. The van der Waals surface area contributed by atoms with Gasteiger partial charge >= 0.3 is 7.12 Å². The van der Waals surface area contributed by atoms with Crippen molar-refractivity contribution in [1.82, 2.24) is 5.32 Å². The molecule has 1 amide bonds. The number of hydrogen-bond acceptors (Lipinski definition) is 4. The lowest BCUT2D eigenvalue weighted by Gasteiger charge is -2.32. The van der Waals surface area contributed by atoms with Gasteiger partial charge in [-0.25, -0.2) is 0 Å². The maximum absolute atomic E-state index is 11.8. The standard InChI is InChI=1S/C16H32BBrN2O3/c1-11(2)10-12(14(19)21)20-13(8-7-9-18)17-22-15(3,4)16(5,6)23-17/h11-13,20H,7-10H2,1-6H3,(H2,19,21)/t12-,13?/m0/s1. The zero-order valence-electron chi connectivity index (χ0n) is 15.3. The van der Waals surface area contributed by atoms with Crippen molar-refractivity contribution in [2.45, 2.75) is 84.0 Å². The second kappa shape index (κ2) is 8.32. The molecule has 2 atom stereocenters. The smallest absolute Gasteiger partial charge is 0.402 e. The minimum absolute atomic E-state index is 0.0650. The van der Waals surface area contributed by atoms with Crippen LogP contribution < -0.4 is 11.1 Å². The third-order valence-corrected chi connectivity index (χ3v) is 5.28. The van der Waals surface area contributed by atoms with Crippen LogP contribution >= 0.6 is 15.9 Å². The normalized spacial score (nSPS) is 22.3. The fourth-order valence-corrected chi connectivity index (χ4v) is 2.97. The van der Waals surface area contributed by atoms with E-state index in [4.69, 9.17) is 15.0 Å². The Kier molecular flexibility index (Phi) is 7.57. The number of amides is 1. The van der Waals surface area contributed by atoms with E-state index in [2.05, 4.69) is 35.1 Å². The van der Waals surface area contributed by atoms with Crippen molar-refractivity contribution in [3.63, 3.8) is 0 Å². The van der Waals surface area contributed by atoms with E-state index in [9.17, 15) is 4.79 Å². The number of rotatable bonds is 9. The number of nitrogens with two attached hydrogens (primary N) is 1. The van der Waals surface area contributed by atoms with Crippen LogP contribution in [0.4, 0.5) is 0 Å². The average Bonchev–Trinajstić information content (AvgIpc) is 2.61. The first-order valence-electron chi connectivity index (χ1n) is 8.47. The van der Waals surface area contributed by atoms with Crippen LogP contribution in [0.25, 0.3) is 0 Å². The van der Waals surface area contributed by atoms with Crippen LogP contribution in [0.2, 0.25) is 0 Å². The van der Waals surface area contributed by atoms with Crippen molar-refractivity contribution in [3.05, 3.63) is 0 Å². The first-order valence-corrected chi connectivity index (χ1v) is 9.59. The molecule has 0 aromatic carbocycles. The molecule has 0 aromatic rings. The molecule has 1 heterocycles. The van der Waals surface area contributed by atoms with Gasteiger partial charge in [-0.05, 0) is 52.9 Å². The highest BCUT2D eigenvalue weighted by atomic mass is 79.9. The summed E-state index contributed by atoms with van der Waals surface area (Å²) >= 11 is 3.47. The van der Waals surface area contributed by atoms with Crippen molar-refractivity contribution >= 4 is 29.0 Å². The van der Waals surface area contributed by atoms with Gasteiger partial charge < -0.3 is 20.4 Å². The molecule has 134 valence electrons. The molecule has 1 fully saturated rings. The Balaban J connectivity index is 2.86. The molecule has 0 aliphatic carbocycles. The summed E-state index contributed by atoms with van der Waals surface area (Å²) in [6.45, 7) is 12.3. The molecule has 0 radical (unpaired) electrons. The number of carbonyl (C=O) groups is 1. The zero-order valence-corrected chi connectivity index (χ0v) is 16.9. The fraction of sp³-hybridized carbons (Fsp3) is 0.938. The molecule has 5 nitrogen and oxygen atoms in total. The van der Waals surface area contributed by atoms with E-state index in [-0.39, 0.29) is 36.2 Å². The van der Waals surface area contributed by atoms with Crippen LogP contribution in [-0.4, -0.2) is 41.5 Å². The van der Waals surface area contributed by atoms with Gasteiger partial charge in [0.15, 0.2) is 0 Å². The molecule has 0 saturated carbocycles. The lowest BCUT2D eigenvalue weighted by Crippen LogP contribution is -2.54. The highest BCUT2D eigenvalue weighted by molar-refractivity contribution is 9.09. The Bertz CT molecular complexity index is 389. The van der Waals surface area contributed by atoms with Gasteiger partial charge in [0, 0.05) is 11.3 Å². The fourth-order valence-electron chi connectivity index (χ4n) is 2.64. The minimum atomic E-state index is -0.383. The predicted octanol–water partition coefficient (Wildman–Crippen LogP) is 2.65. The van der Waals surface area contributed by atoms with Gasteiger partial charge in [-0.2, -0.15) is 0 Å². The van der Waals surface area contributed by atoms with Crippen LogP contribution in [0.1, 0.15) is 60.8 Å². The number of hydrogen-bond donors (Lipinski definition) is 2. The molecule has 0 spiro atoms. The third kappa shape index (κ3) is 5.73. The van der Waals surface area contributed by atoms with Gasteiger partial charge in [0.25, 0.3) is 0 Å². The number of primary amides is 1. The summed E-state index contributed by atoms with van der Waals surface area (Å²) in [5.41, 5.74) is 4.81. The maximum Gasteiger partial charge on any atom is 0.476 e. The third-order valence-electron chi connectivity index (χ3n) is 4.71. The molecule has 7 heteroatoms. The highest BCUT2D eigenvalue weighted by Crippen LogP contribution is 2.38. The second-order valence-electron chi connectivity index (χ2n) is 7.81. The van der Waals surface area contributed by atoms with Gasteiger partial charge in [-0.1, -0.05) is 29.8 Å². The highest BCUT2D eigenvalue weighted by Gasteiger charge is 2.53. The van der Waals surface area contributed by atoms with Gasteiger partial charge in [-0.15, -0.1) is 0 Å². The van der Waals surface area contributed by atoms with E-state index in [0.29, 0.717) is 12.3 Å². The largest absolute Gasteiger partial charge is 0.476 e. The average molecular weight is 391 g/mol. The molecule has 0 bridgehead atoms. The second-order valence-corrected chi connectivity index (χ2v) is 8.61. The minimum Gasteiger partial charge on any atom is -0.402 e. The van der Waals surface area contributed by atoms with Crippen LogP contribution in [-0.2, 0) is 14.1 Å². The summed E-state index contributed by atoms with van der Waals surface area (Å²) in [4.78, 5) is 11.8. The predicted molar refractivity (Wildman–Crippen MR) is 98.5 cm³/mol. The molecule has 1 aliphatic rings. The van der Waals surface area contributed by atoms with Gasteiger partial charge in [-0.3, -0.25) is 4.79 Å². The molecule has 3 N–H and O–H groups in total. The van der Waals surface area contributed by atoms with Gasteiger partial charge in [0.2, 0.25) is 5.91 Å². The Morgan fingerprint density at radius 2 is 1.74 bits per heavy atom. The molecule has 1 saturated heterocycles. The molecule has 23 heavy (non-hydrogen) atoms.